The van der Waals surface area contributed by atoms with Crippen LogP contribution in [-0.2, 0) is 4.79 Å². The van der Waals surface area contributed by atoms with Gasteiger partial charge in [-0.25, -0.2) is 0 Å². The number of nitrogens with zero attached hydrogens (tertiary/aromatic N) is 2. The van der Waals surface area contributed by atoms with Gasteiger partial charge in [-0.05, 0) is 31.0 Å². The minimum absolute atomic E-state index is 0. The van der Waals surface area contributed by atoms with Gasteiger partial charge in [0.15, 0.2) is 0 Å². The molecule has 0 aromatic heterocycles. The lowest BCUT2D eigenvalue weighted by atomic mass is 10.0. The second-order valence-electron chi connectivity index (χ2n) is 6.26. The van der Waals surface area contributed by atoms with Crippen LogP contribution in [-0.4, -0.2) is 66.3 Å². The molecule has 136 valence electrons. The largest absolute Gasteiger partial charge is 0.366 e. The molecule has 0 aliphatic carbocycles. The van der Waals surface area contributed by atoms with Gasteiger partial charge in [-0.1, -0.05) is 6.07 Å². The Labute approximate surface area is 152 Å². The molecule has 0 bridgehead atoms. The maximum Gasteiger partial charge on any atom is 0.253 e. The number of halogens is 1. The molecular weight excluding hydrogens is 344 g/mol. The molecule has 0 spiro atoms. The lowest BCUT2D eigenvalue weighted by Crippen LogP contribution is -2.57. The molecule has 25 heavy (non-hydrogen) atoms. The van der Waals surface area contributed by atoms with Crippen molar-refractivity contribution in [2.45, 2.75) is 18.9 Å². The highest BCUT2D eigenvalue weighted by atomic mass is 35.5. The van der Waals surface area contributed by atoms with Gasteiger partial charge in [0.2, 0.25) is 11.8 Å². The van der Waals surface area contributed by atoms with Gasteiger partial charge in [-0.15, -0.1) is 12.4 Å². The van der Waals surface area contributed by atoms with Crippen molar-refractivity contribution in [2.24, 2.45) is 5.73 Å². The molecule has 2 heterocycles. The van der Waals surface area contributed by atoms with Crippen molar-refractivity contribution in [3.8, 4) is 0 Å². The van der Waals surface area contributed by atoms with Gasteiger partial charge in [0.1, 0.15) is 0 Å². The molecule has 3 N–H and O–H groups in total. The van der Waals surface area contributed by atoms with Crippen LogP contribution in [0.2, 0.25) is 0 Å². The average molecular weight is 367 g/mol. The van der Waals surface area contributed by atoms with E-state index >= 15 is 0 Å². The summed E-state index contributed by atoms with van der Waals surface area (Å²) >= 11 is 0. The molecule has 2 aliphatic rings. The van der Waals surface area contributed by atoms with Crippen LogP contribution in [0, 0.1) is 0 Å². The molecule has 0 saturated carbocycles. The van der Waals surface area contributed by atoms with Crippen molar-refractivity contribution in [3.05, 3.63) is 35.4 Å². The number of carbonyl (C=O) groups is 3. The Morgan fingerprint density at radius 3 is 2.68 bits per heavy atom. The highest BCUT2D eigenvalue weighted by molar-refractivity contribution is 5.99. The molecule has 1 unspecified atom stereocenters. The number of rotatable bonds is 3. The zero-order valence-corrected chi connectivity index (χ0v) is 14.8. The molecular formula is C17H23ClN4O3. The number of hydrogen-bond acceptors (Lipinski definition) is 4. The van der Waals surface area contributed by atoms with Crippen LogP contribution in [0.3, 0.4) is 0 Å². The van der Waals surface area contributed by atoms with Crippen molar-refractivity contribution in [2.75, 3.05) is 32.7 Å². The van der Waals surface area contributed by atoms with E-state index in [0.29, 0.717) is 37.3 Å². The molecule has 1 aromatic rings. The van der Waals surface area contributed by atoms with Gasteiger partial charge < -0.3 is 20.9 Å². The molecule has 1 atom stereocenters. The fourth-order valence-electron chi connectivity index (χ4n) is 3.39. The van der Waals surface area contributed by atoms with Crippen LogP contribution < -0.4 is 11.1 Å². The zero-order valence-electron chi connectivity index (χ0n) is 13.9. The van der Waals surface area contributed by atoms with Crippen molar-refractivity contribution in [3.63, 3.8) is 0 Å². The number of nitrogens with one attached hydrogen (secondary N) is 1. The SMILES string of the molecule is Cl.NC(=O)c1cccc(C(=O)N2CCCC(N3CCNCC3=O)C2)c1. The number of piperazine rings is 1. The normalized spacial score (nSPS) is 20.8. The van der Waals surface area contributed by atoms with E-state index in [1.54, 1.807) is 23.1 Å². The van der Waals surface area contributed by atoms with E-state index in [9.17, 15) is 14.4 Å². The number of primary amides is 1. The number of benzene rings is 1. The smallest absolute Gasteiger partial charge is 0.253 e. The Balaban J connectivity index is 0.00000225. The average Bonchev–Trinajstić information content (AvgIpc) is 2.61. The number of carbonyl (C=O) groups excluding carboxylic acids is 3. The fourth-order valence-corrected chi connectivity index (χ4v) is 3.39. The first-order valence-electron chi connectivity index (χ1n) is 8.25. The predicted molar refractivity (Wildman–Crippen MR) is 95.7 cm³/mol. The van der Waals surface area contributed by atoms with Crippen molar-refractivity contribution >= 4 is 30.1 Å². The van der Waals surface area contributed by atoms with E-state index < -0.39 is 5.91 Å². The molecule has 8 heteroatoms. The Morgan fingerprint density at radius 1 is 1.20 bits per heavy atom. The third-order valence-electron chi connectivity index (χ3n) is 4.64. The van der Waals surface area contributed by atoms with Crippen LogP contribution in [0.25, 0.3) is 0 Å². The van der Waals surface area contributed by atoms with Gasteiger partial charge in [0.25, 0.3) is 5.91 Å². The van der Waals surface area contributed by atoms with Gasteiger partial charge >= 0.3 is 0 Å². The maximum atomic E-state index is 12.7. The molecule has 2 saturated heterocycles. The fraction of sp³-hybridized carbons (Fsp3) is 0.471. The van der Waals surface area contributed by atoms with E-state index in [1.807, 2.05) is 4.90 Å². The minimum Gasteiger partial charge on any atom is -0.366 e. The highest BCUT2D eigenvalue weighted by Gasteiger charge is 2.31. The number of likely N-dealkylation sites (tertiary alicyclic amines) is 1. The molecule has 7 nitrogen and oxygen atoms in total. The van der Waals surface area contributed by atoms with E-state index in [-0.39, 0.29) is 30.3 Å². The van der Waals surface area contributed by atoms with E-state index in [0.717, 1.165) is 19.4 Å². The Bertz CT molecular complexity index is 667. The Kier molecular flexibility index (Phi) is 6.39. The van der Waals surface area contributed by atoms with Crippen molar-refractivity contribution in [1.82, 2.24) is 15.1 Å². The molecule has 2 aliphatic heterocycles. The number of amides is 3. The van der Waals surface area contributed by atoms with Gasteiger partial charge in [-0.2, -0.15) is 0 Å². The first-order valence-corrected chi connectivity index (χ1v) is 8.25. The maximum absolute atomic E-state index is 12.7. The van der Waals surface area contributed by atoms with Crippen LogP contribution in [0.4, 0.5) is 0 Å². The summed E-state index contributed by atoms with van der Waals surface area (Å²) in [6, 6.07) is 6.54. The van der Waals surface area contributed by atoms with Crippen LogP contribution in [0.15, 0.2) is 24.3 Å². The quantitative estimate of drug-likeness (QED) is 0.801. The van der Waals surface area contributed by atoms with Crippen molar-refractivity contribution < 1.29 is 14.4 Å². The molecule has 0 radical (unpaired) electrons. The summed E-state index contributed by atoms with van der Waals surface area (Å²) in [6.45, 7) is 3.03. The molecule has 3 amide bonds. The number of hydrogen-bond donors (Lipinski definition) is 2. The summed E-state index contributed by atoms with van der Waals surface area (Å²) in [5.74, 6) is -0.575. The molecule has 2 fully saturated rings. The molecule has 3 rings (SSSR count). The van der Waals surface area contributed by atoms with E-state index in [2.05, 4.69) is 5.32 Å². The van der Waals surface area contributed by atoms with E-state index in [1.165, 1.54) is 6.07 Å². The lowest BCUT2D eigenvalue weighted by Gasteiger charge is -2.41. The van der Waals surface area contributed by atoms with Crippen LogP contribution in [0.1, 0.15) is 33.6 Å². The minimum atomic E-state index is -0.549. The number of piperidine rings is 1. The molecule has 1 aromatic carbocycles. The summed E-state index contributed by atoms with van der Waals surface area (Å²) < 4.78 is 0. The number of nitrogens with two attached hydrogens (primary N) is 1. The van der Waals surface area contributed by atoms with Gasteiger partial charge in [0, 0.05) is 43.3 Å². The standard InChI is InChI=1S/C17H22N4O3.ClH/c18-16(23)12-3-1-4-13(9-12)17(24)20-7-2-5-14(11-20)21-8-6-19-10-15(21)22;/h1,3-4,9,14,19H,2,5-8,10-11H2,(H2,18,23);1H. The van der Waals surface area contributed by atoms with Gasteiger partial charge in [-0.3, -0.25) is 14.4 Å². The summed E-state index contributed by atoms with van der Waals surface area (Å²) in [5, 5.41) is 3.06. The zero-order chi connectivity index (χ0) is 17.1. The monoisotopic (exact) mass is 366 g/mol. The summed E-state index contributed by atoms with van der Waals surface area (Å²) in [4.78, 5) is 39.8. The lowest BCUT2D eigenvalue weighted by molar-refractivity contribution is -0.135. The van der Waals surface area contributed by atoms with Crippen LogP contribution >= 0.6 is 12.4 Å². The van der Waals surface area contributed by atoms with Crippen molar-refractivity contribution in [1.29, 1.82) is 0 Å². The Hall–Kier alpha value is -2.12. The summed E-state index contributed by atoms with van der Waals surface area (Å²) in [5.41, 5.74) is 6.06. The predicted octanol–water partition coefficient (Wildman–Crippen LogP) is 0.244. The third kappa shape index (κ3) is 4.29. The second-order valence-corrected chi connectivity index (χ2v) is 6.26. The first kappa shape index (κ1) is 19.2. The second kappa shape index (κ2) is 8.31. The summed E-state index contributed by atoms with van der Waals surface area (Å²) in [6.07, 6.45) is 1.78. The summed E-state index contributed by atoms with van der Waals surface area (Å²) in [7, 11) is 0. The highest BCUT2D eigenvalue weighted by Crippen LogP contribution is 2.19. The van der Waals surface area contributed by atoms with Crippen LogP contribution in [0.5, 0.6) is 0 Å². The Morgan fingerprint density at radius 2 is 1.96 bits per heavy atom. The third-order valence-corrected chi connectivity index (χ3v) is 4.64. The topological polar surface area (TPSA) is 95.7 Å². The van der Waals surface area contributed by atoms with Gasteiger partial charge in [0.05, 0.1) is 6.54 Å². The van der Waals surface area contributed by atoms with E-state index in [4.69, 9.17) is 5.73 Å². The first-order chi connectivity index (χ1) is 11.6.